The lowest BCUT2D eigenvalue weighted by molar-refractivity contribution is 0.0526. The summed E-state index contributed by atoms with van der Waals surface area (Å²) >= 11 is 0. The average molecular weight is 426 g/mol. The number of carbonyl (C=O) groups is 1. The van der Waals surface area contributed by atoms with Crippen molar-refractivity contribution in [2.24, 2.45) is 11.1 Å². The Hall–Kier alpha value is -2.70. The standard InChI is InChI=1S/C23H27N5O.ClH/c1-16-21(22(29)27-14-13-20(24)23(2,3)15-27)25-26-28(16)19-11-9-18(10-12-19)17-7-5-4-6-8-17;/h4-12,20H,13-15,24H2,1-3H3;1H. The Morgan fingerprint density at radius 2 is 1.70 bits per heavy atom. The Balaban J connectivity index is 0.00000256. The van der Waals surface area contributed by atoms with Crippen LogP contribution >= 0.6 is 12.4 Å². The molecule has 158 valence electrons. The highest BCUT2D eigenvalue weighted by atomic mass is 35.5. The molecule has 6 nitrogen and oxygen atoms in total. The quantitative estimate of drug-likeness (QED) is 0.691. The van der Waals surface area contributed by atoms with Crippen molar-refractivity contribution < 1.29 is 4.79 Å². The Morgan fingerprint density at radius 1 is 1.07 bits per heavy atom. The Kier molecular flexibility index (Phi) is 6.29. The van der Waals surface area contributed by atoms with Crippen molar-refractivity contribution >= 4 is 18.3 Å². The van der Waals surface area contributed by atoms with E-state index in [9.17, 15) is 4.79 Å². The number of nitrogens with two attached hydrogens (primary N) is 1. The fourth-order valence-electron chi connectivity index (χ4n) is 3.89. The lowest BCUT2D eigenvalue weighted by Crippen LogP contribution is -2.54. The van der Waals surface area contributed by atoms with E-state index in [0.717, 1.165) is 28.9 Å². The highest BCUT2D eigenvalue weighted by molar-refractivity contribution is 5.93. The lowest BCUT2D eigenvalue weighted by Gasteiger charge is -2.42. The SMILES string of the molecule is Cc1c(C(=O)N2CCC(N)C(C)(C)C2)nnn1-c1ccc(-c2ccccc2)cc1.Cl. The molecule has 0 spiro atoms. The van der Waals surface area contributed by atoms with Gasteiger partial charge in [-0.15, -0.1) is 17.5 Å². The highest BCUT2D eigenvalue weighted by Crippen LogP contribution is 2.29. The first kappa shape index (κ1) is 22.0. The van der Waals surface area contributed by atoms with E-state index in [1.165, 1.54) is 0 Å². The first-order valence-corrected chi connectivity index (χ1v) is 10.00. The Bertz CT molecular complexity index is 1010. The molecule has 1 saturated heterocycles. The number of aromatic nitrogens is 3. The monoisotopic (exact) mass is 425 g/mol. The van der Waals surface area contributed by atoms with Crippen molar-refractivity contribution in [3.05, 3.63) is 66.0 Å². The molecule has 1 amide bonds. The van der Waals surface area contributed by atoms with Crippen LogP contribution in [0.2, 0.25) is 0 Å². The molecule has 1 atom stereocenters. The van der Waals surface area contributed by atoms with Crippen LogP contribution in [0.15, 0.2) is 54.6 Å². The zero-order valence-corrected chi connectivity index (χ0v) is 18.4. The molecule has 1 fully saturated rings. The second-order valence-electron chi connectivity index (χ2n) is 8.46. The first-order valence-electron chi connectivity index (χ1n) is 10.00. The van der Waals surface area contributed by atoms with Gasteiger partial charge in [-0.05, 0) is 42.0 Å². The van der Waals surface area contributed by atoms with Gasteiger partial charge >= 0.3 is 0 Å². The number of benzene rings is 2. The molecule has 1 aliphatic heterocycles. The number of hydrogen-bond acceptors (Lipinski definition) is 4. The van der Waals surface area contributed by atoms with Crippen LogP contribution in [0.3, 0.4) is 0 Å². The zero-order valence-electron chi connectivity index (χ0n) is 17.6. The summed E-state index contributed by atoms with van der Waals surface area (Å²) in [5.74, 6) is -0.0744. The molecule has 4 rings (SSSR count). The number of hydrogen-bond donors (Lipinski definition) is 1. The van der Waals surface area contributed by atoms with Gasteiger partial charge in [0.1, 0.15) is 0 Å². The minimum atomic E-state index is -0.106. The molecule has 2 N–H and O–H groups in total. The van der Waals surface area contributed by atoms with Crippen LogP contribution in [0.25, 0.3) is 16.8 Å². The maximum Gasteiger partial charge on any atom is 0.276 e. The summed E-state index contributed by atoms with van der Waals surface area (Å²) in [6.07, 6.45) is 0.798. The van der Waals surface area contributed by atoms with Gasteiger partial charge in [-0.1, -0.05) is 61.5 Å². The van der Waals surface area contributed by atoms with Gasteiger partial charge in [-0.25, -0.2) is 4.68 Å². The summed E-state index contributed by atoms with van der Waals surface area (Å²) < 4.78 is 1.73. The van der Waals surface area contributed by atoms with Gasteiger partial charge in [-0.2, -0.15) is 0 Å². The molecule has 7 heteroatoms. The van der Waals surface area contributed by atoms with E-state index in [-0.39, 0.29) is 29.8 Å². The van der Waals surface area contributed by atoms with E-state index in [1.807, 2.05) is 42.2 Å². The molecular formula is C23H28ClN5O. The molecule has 1 unspecified atom stereocenters. The number of nitrogens with zero attached hydrogens (tertiary/aromatic N) is 4. The van der Waals surface area contributed by atoms with Gasteiger partial charge in [0.05, 0.1) is 11.4 Å². The van der Waals surface area contributed by atoms with Crippen LogP contribution in [0.1, 0.15) is 36.5 Å². The smallest absolute Gasteiger partial charge is 0.276 e. The first-order chi connectivity index (χ1) is 13.9. The highest BCUT2D eigenvalue weighted by Gasteiger charge is 2.36. The topological polar surface area (TPSA) is 77.0 Å². The van der Waals surface area contributed by atoms with Gasteiger partial charge in [0.25, 0.3) is 5.91 Å². The number of likely N-dealkylation sites (tertiary alicyclic amines) is 1. The van der Waals surface area contributed by atoms with E-state index in [0.29, 0.717) is 18.8 Å². The maximum absolute atomic E-state index is 13.1. The van der Waals surface area contributed by atoms with Crippen molar-refractivity contribution in [1.29, 1.82) is 0 Å². The van der Waals surface area contributed by atoms with Crippen molar-refractivity contribution in [3.63, 3.8) is 0 Å². The van der Waals surface area contributed by atoms with Gasteiger partial charge in [0.15, 0.2) is 5.69 Å². The van der Waals surface area contributed by atoms with Crippen LogP contribution in [0, 0.1) is 12.3 Å². The molecule has 0 bridgehead atoms. The third kappa shape index (κ3) is 4.11. The van der Waals surface area contributed by atoms with Crippen LogP contribution in [-0.2, 0) is 0 Å². The van der Waals surface area contributed by atoms with Crippen molar-refractivity contribution in [2.75, 3.05) is 13.1 Å². The van der Waals surface area contributed by atoms with Crippen LogP contribution < -0.4 is 5.73 Å². The average Bonchev–Trinajstić information content (AvgIpc) is 3.11. The molecular weight excluding hydrogens is 398 g/mol. The Morgan fingerprint density at radius 3 is 2.33 bits per heavy atom. The zero-order chi connectivity index (χ0) is 20.6. The summed E-state index contributed by atoms with van der Waals surface area (Å²) in [4.78, 5) is 14.9. The second-order valence-corrected chi connectivity index (χ2v) is 8.46. The summed E-state index contributed by atoms with van der Waals surface area (Å²) in [5.41, 5.74) is 10.4. The maximum atomic E-state index is 13.1. The molecule has 0 aliphatic carbocycles. The summed E-state index contributed by atoms with van der Waals surface area (Å²) in [7, 11) is 0. The minimum absolute atomic E-state index is 0. The molecule has 0 saturated carbocycles. The minimum Gasteiger partial charge on any atom is -0.337 e. The van der Waals surface area contributed by atoms with E-state index < -0.39 is 0 Å². The summed E-state index contributed by atoms with van der Waals surface area (Å²) in [6, 6.07) is 18.4. The number of halogens is 1. The van der Waals surface area contributed by atoms with Gasteiger partial charge in [0.2, 0.25) is 0 Å². The van der Waals surface area contributed by atoms with Crippen molar-refractivity contribution in [3.8, 4) is 16.8 Å². The molecule has 30 heavy (non-hydrogen) atoms. The number of carbonyl (C=O) groups excluding carboxylic acids is 1. The molecule has 1 aromatic heterocycles. The molecule has 0 radical (unpaired) electrons. The molecule has 2 heterocycles. The fourth-order valence-corrected chi connectivity index (χ4v) is 3.89. The third-order valence-corrected chi connectivity index (χ3v) is 5.92. The number of piperidine rings is 1. The van der Waals surface area contributed by atoms with Gasteiger partial charge in [0, 0.05) is 19.1 Å². The fraction of sp³-hybridized carbons (Fsp3) is 0.348. The lowest BCUT2D eigenvalue weighted by atomic mass is 9.79. The number of amides is 1. The Labute approximate surface area is 183 Å². The normalized spacial score (nSPS) is 18.0. The van der Waals surface area contributed by atoms with E-state index >= 15 is 0 Å². The van der Waals surface area contributed by atoms with Crippen LogP contribution in [0.4, 0.5) is 0 Å². The number of rotatable bonds is 3. The third-order valence-electron chi connectivity index (χ3n) is 5.92. The van der Waals surface area contributed by atoms with Crippen molar-refractivity contribution in [1.82, 2.24) is 19.9 Å². The van der Waals surface area contributed by atoms with Crippen LogP contribution in [0.5, 0.6) is 0 Å². The predicted molar refractivity (Wildman–Crippen MR) is 121 cm³/mol. The summed E-state index contributed by atoms with van der Waals surface area (Å²) in [6.45, 7) is 7.38. The predicted octanol–water partition coefficient (Wildman–Crippen LogP) is 3.86. The van der Waals surface area contributed by atoms with E-state index in [1.54, 1.807) is 4.68 Å². The van der Waals surface area contributed by atoms with E-state index in [4.69, 9.17) is 5.73 Å². The van der Waals surface area contributed by atoms with Gasteiger partial charge in [-0.3, -0.25) is 4.79 Å². The van der Waals surface area contributed by atoms with Gasteiger partial charge < -0.3 is 10.6 Å². The second kappa shape index (κ2) is 8.58. The summed E-state index contributed by atoms with van der Waals surface area (Å²) in [5, 5.41) is 8.46. The molecule has 1 aliphatic rings. The molecule has 3 aromatic rings. The largest absolute Gasteiger partial charge is 0.337 e. The van der Waals surface area contributed by atoms with Crippen molar-refractivity contribution in [2.45, 2.75) is 33.2 Å². The van der Waals surface area contributed by atoms with Crippen LogP contribution in [-0.4, -0.2) is 44.9 Å². The molecule has 2 aromatic carbocycles. The van der Waals surface area contributed by atoms with E-state index in [2.05, 4.69) is 48.4 Å².